The van der Waals surface area contributed by atoms with Crippen molar-refractivity contribution in [2.24, 2.45) is 5.73 Å². The van der Waals surface area contributed by atoms with Gasteiger partial charge in [-0.15, -0.1) is 13.2 Å². The van der Waals surface area contributed by atoms with Crippen LogP contribution in [-0.2, 0) is 6.54 Å². The van der Waals surface area contributed by atoms with E-state index in [0.29, 0.717) is 0 Å². The lowest BCUT2D eigenvalue weighted by molar-refractivity contribution is -0.274. The Balaban J connectivity index is 2.93. The molecule has 0 radical (unpaired) electrons. The first-order chi connectivity index (χ1) is 7.81. The van der Waals surface area contributed by atoms with Crippen molar-refractivity contribution in [3.8, 4) is 11.5 Å². The van der Waals surface area contributed by atoms with E-state index >= 15 is 0 Å². The van der Waals surface area contributed by atoms with Gasteiger partial charge < -0.3 is 15.2 Å². The monoisotopic (exact) mass is 257 g/mol. The van der Waals surface area contributed by atoms with Crippen LogP contribution in [0.1, 0.15) is 5.56 Å². The molecule has 0 aliphatic heterocycles. The molecule has 0 aliphatic rings. The van der Waals surface area contributed by atoms with Crippen LogP contribution >= 0.6 is 0 Å². The number of benzene rings is 1. The molecule has 0 aliphatic carbocycles. The van der Waals surface area contributed by atoms with Crippen molar-refractivity contribution < 1.29 is 31.4 Å². The van der Waals surface area contributed by atoms with Crippen molar-refractivity contribution in [3.05, 3.63) is 23.8 Å². The molecule has 17 heavy (non-hydrogen) atoms. The van der Waals surface area contributed by atoms with Crippen LogP contribution in [-0.4, -0.2) is 13.0 Å². The smallest absolute Gasteiger partial charge is 0.435 e. The lowest BCUT2D eigenvalue weighted by Crippen LogP contribution is -2.18. The first-order valence-corrected chi connectivity index (χ1v) is 4.35. The maximum atomic E-state index is 12.0. The Labute approximate surface area is 92.9 Å². The summed E-state index contributed by atoms with van der Waals surface area (Å²) in [4.78, 5) is 0. The van der Waals surface area contributed by atoms with Crippen molar-refractivity contribution in [2.45, 2.75) is 19.5 Å². The zero-order valence-corrected chi connectivity index (χ0v) is 8.30. The summed E-state index contributed by atoms with van der Waals surface area (Å²) in [6, 6.07) is 2.77. The van der Waals surface area contributed by atoms with E-state index in [9.17, 15) is 22.0 Å². The Morgan fingerprint density at radius 1 is 1.24 bits per heavy atom. The number of ether oxygens (including phenoxy) is 2. The third-order valence-electron chi connectivity index (χ3n) is 1.70. The topological polar surface area (TPSA) is 44.5 Å². The molecule has 2 N–H and O–H groups in total. The second-order valence-corrected chi connectivity index (χ2v) is 2.90. The molecular weight excluding hydrogens is 249 g/mol. The molecule has 0 atom stereocenters. The van der Waals surface area contributed by atoms with Gasteiger partial charge in [0.15, 0.2) is 0 Å². The van der Waals surface area contributed by atoms with Crippen LogP contribution in [0.3, 0.4) is 0 Å². The molecule has 8 heteroatoms. The highest BCUT2D eigenvalue weighted by atomic mass is 19.4. The van der Waals surface area contributed by atoms with E-state index in [1.54, 1.807) is 0 Å². The van der Waals surface area contributed by atoms with Gasteiger partial charge in [-0.05, 0) is 18.2 Å². The van der Waals surface area contributed by atoms with E-state index in [-0.39, 0.29) is 17.9 Å². The highest BCUT2D eigenvalue weighted by Gasteiger charge is 2.32. The van der Waals surface area contributed by atoms with Crippen LogP contribution < -0.4 is 15.2 Å². The maximum absolute atomic E-state index is 12.0. The summed E-state index contributed by atoms with van der Waals surface area (Å²) in [7, 11) is 0. The molecule has 3 nitrogen and oxygen atoms in total. The molecular formula is C9H8F5NO2. The number of rotatable bonds is 4. The first kappa shape index (κ1) is 13.5. The molecule has 0 heterocycles. The van der Waals surface area contributed by atoms with E-state index in [1.807, 2.05) is 0 Å². The Kier molecular flexibility index (Phi) is 4.11. The van der Waals surface area contributed by atoms with Crippen molar-refractivity contribution in [1.82, 2.24) is 0 Å². The lowest BCUT2D eigenvalue weighted by Gasteiger charge is -2.13. The molecule has 0 amide bonds. The summed E-state index contributed by atoms with van der Waals surface area (Å²) >= 11 is 0. The van der Waals surface area contributed by atoms with Crippen LogP contribution in [0.15, 0.2) is 18.2 Å². The average Bonchev–Trinajstić information content (AvgIpc) is 2.17. The molecule has 1 rings (SSSR count). The average molecular weight is 257 g/mol. The predicted octanol–water partition coefficient (Wildman–Crippen LogP) is 2.65. The van der Waals surface area contributed by atoms with E-state index < -0.39 is 18.7 Å². The van der Waals surface area contributed by atoms with Crippen LogP contribution in [0.25, 0.3) is 0 Å². The van der Waals surface area contributed by atoms with E-state index in [2.05, 4.69) is 9.47 Å². The van der Waals surface area contributed by atoms with E-state index in [1.165, 1.54) is 0 Å². The largest absolute Gasteiger partial charge is 0.573 e. The molecule has 1 aromatic rings. The molecule has 0 saturated carbocycles. The Bertz CT molecular complexity index is 380. The SMILES string of the molecule is NCc1cc(OC(F)F)ccc1OC(F)(F)F. The van der Waals surface area contributed by atoms with Crippen LogP contribution in [0.5, 0.6) is 11.5 Å². The highest BCUT2D eigenvalue weighted by molar-refractivity contribution is 5.40. The van der Waals surface area contributed by atoms with E-state index in [0.717, 1.165) is 18.2 Å². The molecule has 0 fully saturated rings. The van der Waals surface area contributed by atoms with Crippen molar-refractivity contribution in [1.29, 1.82) is 0 Å². The molecule has 0 spiro atoms. The van der Waals surface area contributed by atoms with Crippen molar-refractivity contribution in [3.63, 3.8) is 0 Å². The summed E-state index contributed by atoms with van der Waals surface area (Å²) in [6.45, 7) is -3.36. The van der Waals surface area contributed by atoms with Gasteiger partial charge in [-0.2, -0.15) is 8.78 Å². The number of alkyl halides is 5. The fourth-order valence-corrected chi connectivity index (χ4v) is 1.12. The summed E-state index contributed by atoms with van der Waals surface area (Å²) < 4.78 is 67.3. The number of halogens is 5. The van der Waals surface area contributed by atoms with Crippen LogP contribution in [0, 0.1) is 0 Å². The highest BCUT2D eigenvalue weighted by Crippen LogP contribution is 2.29. The standard InChI is InChI=1S/C9H8F5NO2/c10-8(11)16-6-1-2-7(5(3-6)4-15)17-9(12,13)14/h1-3,8H,4,15H2. The fraction of sp³-hybridized carbons (Fsp3) is 0.333. The third kappa shape index (κ3) is 4.43. The zero-order valence-electron chi connectivity index (χ0n) is 8.30. The molecule has 1 aromatic carbocycles. The Morgan fingerprint density at radius 3 is 2.35 bits per heavy atom. The summed E-state index contributed by atoms with van der Waals surface area (Å²) in [5.74, 6) is -0.823. The minimum absolute atomic E-state index is 0.0829. The van der Waals surface area contributed by atoms with Gasteiger partial charge in [0.1, 0.15) is 11.5 Å². The van der Waals surface area contributed by atoms with Gasteiger partial charge in [0.05, 0.1) is 0 Å². The molecule has 0 saturated heterocycles. The number of hydrogen-bond donors (Lipinski definition) is 1. The summed E-state index contributed by atoms with van der Waals surface area (Å²) in [5, 5.41) is 0. The quantitative estimate of drug-likeness (QED) is 0.843. The minimum atomic E-state index is -4.87. The van der Waals surface area contributed by atoms with E-state index in [4.69, 9.17) is 5.73 Å². The van der Waals surface area contributed by atoms with Gasteiger partial charge in [0.25, 0.3) is 0 Å². The minimum Gasteiger partial charge on any atom is -0.435 e. The molecule has 0 unspecified atom stereocenters. The first-order valence-electron chi connectivity index (χ1n) is 4.35. The van der Waals surface area contributed by atoms with Crippen molar-refractivity contribution in [2.75, 3.05) is 0 Å². The van der Waals surface area contributed by atoms with Gasteiger partial charge in [0.2, 0.25) is 0 Å². The number of hydrogen-bond acceptors (Lipinski definition) is 3. The maximum Gasteiger partial charge on any atom is 0.573 e. The van der Waals surface area contributed by atoms with Gasteiger partial charge in [-0.1, -0.05) is 0 Å². The lowest BCUT2D eigenvalue weighted by atomic mass is 10.2. The molecule has 0 bridgehead atoms. The molecule has 0 aromatic heterocycles. The van der Waals surface area contributed by atoms with Gasteiger partial charge in [-0.25, -0.2) is 0 Å². The Morgan fingerprint density at radius 2 is 1.88 bits per heavy atom. The molecule has 96 valence electrons. The van der Waals surface area contributed by atoms with Gasteiger partial charge in [0, 0.05) is 12.1 Å². The van der Waals surface area contributed by atoms with Gasteiger partial charge in [-0.3, -0.25) is 0 Å². The zero-order chi connectivity index (χ0) is 13.1. The van der Waals surface area contributed by atoms with Crippen LogP contribution in [0.4, 0.5) is 22.0 Å². The number of nitrogens with two attached hydrogens (primary N) is 1. The van der Waals surface area contributed by atoms with Crippen molar-refractivity contribution >= 4 is 0 Å². The fourth-order valence-electron chi connectivity index (χ4n) is 1.12. The summed E-state index contributed by atoms with van der Waals surface area (Å²) in [5.41, 5.74) is 5.10. The third-order valence-corrected chi connectivity index (χ3v) is 1.70. The normalized spacial score (nSPS) is 11.7. The predicted molar refractivity (Wildman–Crippen MR) is 47.6 cm³/mol. The summed E-state index contributed by atoms with van der Waals surface area (Å²) in [6.07, 6.45) is -4.87. The van der Waals surface area contributed by atoms with Crippen LogP contribution in [0.2, 0.25) is 0 Å². The second-order valence-electron chi connectivity index (χ2n) is 2.90. The Hall–Kier alpha value is -1.57. The van der Waals surface area contributed by atoms with Gasteiger partial charge >= 0.3 is 13.0 Å². The second kappa shape index (κ2) is 5.17.